The molecule has 1 saturated carbocycles. The summed E-state index contributed by atoms with van der Waals surface area (Å²) in [4.78, 5) is 0. The van der Waals surface area contributed by atoms with Crippen LogP contribution in [-0.2, 0) is 4.74 Å². The molecule has 90 valence electrons. The number of hydrogen-bond acceptors (Lipinski definition) is 2. The van der Waals surface area contributed by atoms with Gasteiger partial charge in [0.1, 0.15) is 0 Å². The molecule has 0 aromatic carbocycles. The van der Waals surface area contributed by atoms with Crippen LogP contribution in [0.3, 0.4) is 0 Å². The van der Waals surface area contributed by atoms with Crippen molar-refractivity contribution < 1.29 is 4.74 Å². The highest BCUT2D eigenvalue weighted by Crippen LogP contribution is 2.24. The summed E-state index contributed by atoms with van der Waals surface area (Å²) in [5.41, 5.74) is 6.16. The van der Waals surface area contributed by atoms with E-state index in [2.05, 4.69) is 13.8 Å². The van der Waals surface area contributed by atoms with E-state index in [1.165, 1.54) is 44.9 Å². The van der Waals surface area contributed by atoms with Crippen LogP contribution in [0.4, 0.5) is 0 Å². The van der Waals surface area contributed by atoms with Gasteiger partial charge in [0, 0.05) is 12.6 Å². The second-order valence-corrected chi connectivity index (χ2v) is 4.92. The van der Waals surface area contributed by atoms with Crippen LogP contribution >= 0.6 is 0 Å². The van der Waals surface area contributed by atoms with Gasteiger partial charge in [-0.15, -0.1) is 0 Å². The van der Waals surface area contributed by atoms with Crippen LogP contribution < -0.4 is 5.73 Å². The summed E-state index contributed by atoms with van der Waals surface area (Å²) in [7, 11) is 0. The molecular weight excluding hydrogens is 186 g/mol. The molecule has 1 fully saturated rings. The van der Waals surface area contributed by atoms with Gasteiger partial charge >= 0.3 is 0 Å². The van der Waals surface area contributed by atoms with Gasteiger partial charge < -0.3 is 10.5 Å². The molecule has 0 amide bonds. The van der Waals surface area contributed by atoms with Crippen LogP contribution in [0.15, 0.2) is 0 Å². The standard InChI is InChI=1S/C13H27NO/c1-3-4-10-15-13-9-7-5-6-8-12(14)11(13)2/h11-13H,3-10,14H2,1-2H3/t11-,12-,13+/m0/s1. The highest BCUT2D eigenvalue weighted by molar-refractivity contribution is 4.79. The third kappa shape index (κ3) is 4.52. The molecule has 0 aromatic heterocycles. The molecule has 0 aliphatic heterocycles. The van der Waals surface area contributed by atoms with Crippen LogP contribution in [0, 0.1) is 5.92 Å². The lowest BCUT2D eigenvalue weighted by molar-refractivity contribution is -0.00286. The van der Waals surface area contributed by atoms with Crippen molar-refractivity contribution in [1.82, 2.24) is 0 Å². The summed E-state index contributed by atoms with van der Waals surface area (Å²) in [6.45, 7) is 5.38. The molecule has 15 heavy (non-hydrogen) atoms. The molecule has 0 saturated heterocycles. The summed E-state index contributed by atoms with van der Waals surface area (Å²) in [6, 6.07) is 0.344. The highest BCUT2D eigenvalue weighted by Gasteiger charge is 2.24. The smallest absolute Gasteiger partial charge is 0.0615 e. The Hall–Kier alpha value is -0.0800. The molecule has 2 heteroatoms. The first-order valence-electron chi connectivity index (χ1n) is 6.63. The van der Waals surface area contributed by atoms with Crippen molar-refractivity contribution in [1.29, 1.82) is 0 Å². The van der Waals surface area contributed by atoms with Crippen LogP contribution in [0.5, 0.6) is 0 Å². The number of rotatable bonds is 4. The molecule has 0 radical (unpaired) electrons. The third-order valence-corrected chi connectivity index (χ3v) is 3.62. The van der Waals surface area contributed by atoms with Crippen molar-refractivity contribution >= 4 is 0 Å². The third-order valence-electron chi connectivity index (χ3n) is 3.62. The zero-order valence-electron chi connectivity index (χ0n) is 10.4. The minimum Gasteiger partial charge on any atom is -0.378 e. The van der Waals surface area contributed by atoms with E-state index in [1.54, 1.807) is 0 Å². The van der Waals surface area contributed by atoms with Crippen molar-refractivity contribution in [3.8, 4) is 0 Å². The van der Waals surface area contributed by atoms with E-state index in [-0.39, 0.29) is 0 Å². The summed E-state index contributed by atoms with van der Waals surface area (Å²) in [6.07, 6.45) is 9.13. The van der Waals surface area contributed by atoms with E-state index in [9.17, 15) is 0 Å². The molecule has 3 atom stereocenters. The van der Waals surface area contributed by atoms with Gasteiger partial charge in [-0.2, -0.15) is 0 Å². The van der Waals surface area contributed by atoms with Crippen molar-refractivity contribution in [3.63, 3.8) is 0 Å². The quantitative estimate of drug-likeness (QED) is 0.728. The molecule has 1 rings (SSSR count). The minimum absolute atomic E-state index is 0.344. The average Bonchev–Trinajstić information content (AvgIpc) is 2.23. The lowest BCUT2D eigenvalue weighted by atomic mass is 9.86. The maximum absolute atomic E-state index is 6.16. The van der Waals surface area contributed by atoms with Gasteiger partial charge in [0.2, 0.25) is 0 Å². The summed E-state index contributed by atoms with van der Waals surface area (Å²) in [5.74, 6) is 0.530. The molecule has 1 aliphatic carbocycles. The van der Waals surface area contributed by atoms with Gasteiger partial charge in [-0.25, -0.2) is 0 Å². The Bertz CT molecular complexity index is 161. The molecule has 2 nitrogen and oxygen atoms in total. The second-order valence-electron chi connectivity index (χ2n) is 4.92. The van der Waals surface area contributed by atoms with Gasteiger partial charge in [0.05, 0.1) is 6.10 Å². The normalized spacial score (nSPS) is 33.4. The Morgan fingerprint density at radius 2 is 1.93 bits per heavy atom. The van der Waals surface area contributed by atoms with Crippen molar-refractivity contribution in [2.45, 2.75) is 70.9 Å². The molecular formula is C13H27NO. The molecule has 0 aromatic rings. The van der Waals surface area contributed by atoms with E-state index in [1.807, 2.05) is 0 Å². The second kappa shape index (κ2) is 7.24. The van der Waals surface area contributed by atoms with Gasteiger partial charge in [-0.1, -0.05) is 39.5 Å². The van der Waals surface area contributed by atoms with E-state index in [0.29, 0.717) is 18.1 Å². The zero-order valence-corrected chi connectivity index (χ0v) is 10.4. The zero-order chi connectivity index (χ0) is 11.1. The van der Waals surface area contributed by atoms with Crippen LogP contribution in [0.25, 0.3) is 0 Å². The fraction of sp³-hybridized carbons (Fsp3) is 1.00. The molecule has 0 spiro atoms. The fourth-order valence-corrected chi connectivity index (χ4v) is 2.32. The highest BCUT2D eigenvalue weighted by atomic mass is 16.5. The first kappa shape index (κ1) is 13.0. The Balaban J connectivity index is 2.35. The maximum atomic E-state index is 6.16. The van der Waals surface area contributed by atoms with Crippen LogP contribution in [0.2, 0.25) is 0 Å². The average molecular weight is 213 g/mol. The predicted octanol–water partition coefficient (Wildman–Crippen LogP) is 3.10. The Labute approximate surface area is 94.6 Å². The number of unbranched alkanes of at least 4 members (excludes halogenated alkanes) is 1. The van der Waals surface area contributed by atoms with Crippen molar-refractivity contribution in [2.75, 3.05) is 6.61 Å². The van der Waals surface area contributed by atoms with Gasteiger partial charge in [0.15, 0.2) is 0 Å². The Morgan fingerprint density at radius 1 is 1.20 bits per heavy atom. The van der Waals surface area contributed by atoms with E-state index in [0.717, 1.165) is 6.61 Å². The number of nitrogens with two attached hydrogens (primary N) is 1. The van der Waals surface area contributed by atoms with Crippen LogP contribution in [0.1, 0.15) is 58.8 Å². The topological polar surface area (TPSA) is 35.2 Å². The van der Waals surface area contributed by atoms with Gasteiger partial charge in [-0.05, 0) is 25.2 Å². The molecule has 1 aliphatic rings. The predicted molar refractivity (Wildman–Crippen MR) is 64.9 cm³/mol. The molecule has 2 N–H and O–H groups in total. The lowest BCUT2D eigenvalue weighted by Crippen LogP contribution is -2.38. The number of hydrogen-bond donors (Lipinski definition) is 1. The first-order chi connectivity index (χ1) is 7.25. The summed E-state index contributed by atoms with van der Waals surface area (Å²) < 4.78 is 5.96. The summed E-state index contributed by atoms with van der Waals surface area (Å²) in [5, 5.41) is 0. The van der Waals surface area contributed by atoms with Crippen LogP contribution in [-0.4, -0.2) is 18.8 Å². The van der Waals surface area contributed by atoms with Gasteiger partial charge in [-0.3, -0.25) is 0 Å². The molecule has 0 bridgehead atoms. The minimum atomic E-state index is 0.344. The van der Waals surface area contributed by atoms with E-state index < -0.39 is 0 Å². The number of ether oxygens (including phenoxy) is 1. The monoisotopic (exact) mass is 213 g/mol. The largest absolute Gasteiger partial charge is 0.378 e. The molecule has 0 unspecified atom stereocenters. The van der Waals surface area contributed by atoms with E-state index >= 15 is 0 Å². The van der Waals surface area contributed by atoms with E-state index in [4.69, 9.17) is 10.5 Å². The van der Waals surface area contributed by atoms with Gasteiger partial charge in [0.25, 0.3) is 0 Å². The molecule has 0 heterocycles. The first-order valence-corrected chi connectivity index (χ1v) is 6.63. The Kier molecular flexibility index (Phi) is 6.26. The summed E-state index contributed by atoms with van der Waals surface area (Å²) >= 11 is 0. The van der Waals surface area contributed by atoms with Crippen molar-refractivity contribution in [3.05, 3.63) is 0 Å². The Morgan fingerprint density at radius 3 is 2.67 bits per heavy atom. The SMILES string of the molecule is CCCCO[C@@H]1CCCCC[C@H](N)[C@@H]1C. The van der Waals surface area contributed by atoms with Crippen molar-refractivity contribution in [2.24, 2.45) is 11.7 Å². The fourth-order valence-electron chi connectivity index (χ4n) is 2.32. The lowest BCUT2D eigenvalue weighted by Gasteiger charge is -2.31. The maximum Gasteiger partial charge on any atom is 0.0615 e.